The van der Waals surface area contributed by atoms with Crippen molar-refractivity contribution in [1.82, 2.24) is 0 Å². The molecule has 1 atom stereocenters. The summed E-state index contributed by atoms with van der Waals surface area (Å²) in [4.78, 5) is 0. The van der Waals surface area contributed by atoms with Crippen LogP contribution in [-0.4, -0.2) is 23.4 Å². The van der Waals surface area contributed by atoms with Gasteiger partial charge in [0.2, 0.25) is 0 Å². The third-order valence-electron chi connectivity index (χ3n) is 2.81. The van der Waals surface area contributed by atoms with Crippen molar-refractivity contribution in [3.8, 4) is 0 Å². The molecule has 1 aromatic carbocycles. The summed E-state index contributed by atoms with van der Waals surface area (Å²) in [5.41, 5.74) is -0.119. The lowest BCUT2D eigenvalue weighted by Gasteiger charge is -2.30. The van der Waals surface area contributed by atoms with Gasteiger partial charge in [0.1, 0.15) is 0 Å². The molecular weight excluding hydrogens is 279 g/mol. The third kappa shape index (κ3) is 6.16. The Kier molecular flexibility index (Phi) is 5.50. The highest BCUT2D eigenvalue weighted by atomic mass is 35.5. The van der Waals surface area contributed by atoms with E-state index in [1.807, 2.05) is 0 Å². The van der Waals surface area contributed by atoms with Gasteiger partial charge < -0.3 is 10.4 Å². The van der Waals surface area contributed by atoms with Crippen LogP contribution in [0.3, 0.4) is 0 Å². The molecule has 0 fully saturated rings. The minimum absolute atomic E-state index is 0.0336. The van der Waals surface area contributed by atoms with Crippen molar-refractivity contribution in [2.75, 3.05) is 11.9 Å². The van der Waals surface area contributed by atoms with E-state index in [0.29, 0.717) is 10.7 Å². The lowest BCUT2D eigenvalue weighted by Crippen LogP contribution is -2.39. The van der Waals surface area contributed by atoms with Crippen molar-refractivity contribution in [2.45, 2.75) is 37.9 Å². The number of anilines is 1. The van der Waals surface area contributed by atoms with Crippen LogP contribution in [0.1, 0.15) is 26.2 Å². The Morgan fingerprint density at radius 2 is 1.95 bits per heavy atom. The predicted molar refractivity (Wildman–Crippen MR) is 70.5 cm³/mol. The van der Waals surface area contributed by atoms with Gasteiger partial charge in [0.05, 0.1) is 12.1 Å². The number of hydrogen-bond donors (Lipinski definition) is 2. The van der Waals surface area contributed by atoms with Crippen LogP contribution in [0.25, 0.3) is 0 Å². The Bertz CT molecular complexity index is 411. The molecule has 0 saturated carbocycles. The second-order valence-electron chi connectivity index (χ2n) is 4.82. The van der Waals surface area contributed by atoms with Crippen LogP contribution < -0.4 is 5.32 Å². The fraction of sp³-hybridized carbons (Fsp3) is 0.538. The summed E-state index contributed by atoms with van der Waals surface area (Å²) in [6.07, 6.45) is -4.82. The number of alkyl halides is 3. The molecule has 0 radical (unpaired) electrons. The summed E-state index contributed by atoms with van der Waals surface area (Å²) in [7, 11) is 0. The Hall–Kier alpha value is -0.940. The van der Waals surface area contributed by atoms with E-state index in [1.165, 1.54) is 0 Å². The fourth-order valence-corrected chi connectivity index (χ4v) is 1.97. The van der Waals surface area contributed by atoms with Gasteiger partial charge in [0.15, 0.2) is 0 Å². The first-order chi connectivity index (χ1) is 8.74. The number of aliphatic hydroxyl groups is 1. The molecule has 19 heavy (non-hydrogen) atoms. The van der Waals surface area contributed by atoms with Crippen LogP contribution >= 0.6 is 11.6 Å². The minimum atomic E-state index is -4.16. The fourth-order valence-electron chi connectivity index (χ4n) is 1.77. The first kappa shape index (κ1) is 16.1. The summed E-state index contributed by atoms with van der Waals surface area (Å²) >= 11 is 5.83. The Labute approximate surface area is 115 Å². The zero-order valence-corrected chi connectivity index (χ0v) is 11.4. The Morgan fingerprint density at radius 3 is 2.47 bits per heavy atom. The standard InChI is InChI=1S/C13H17ClF3NO/c1-12(9-19,6-3-7-13(15,16)17)18-11-5-2-4-10(14)8-11/h2,4-5,8,18-19H,3,6-7,9H2,1H3. The van der Waals surface area contributed by atoms with Gasteiger partial charge in [-0.05, 0) is 38.0 Å². The molecule has 0 aromatic heterocycles. The second kappa shape index (κ2) is 6.48. The average molecular weight is 296 g/mol. The molecule has 1 rings (SSSR count). The van der Waals surface area contributed by atoms with Crippen molar-refractivity contribution < 1.29 is 18.3 Å². The quantitative estimate of drug-likeness (QED) is 0.823. The van der Waals surface area contributed by atoms with Crippen LogP contribution in [0.15, 0.2) is 24.3 Å². The zero-order valence-electron chi connectivity index (χ0n) is 10.6. The van der Waals surface area contributed by atoms with E-state index < -0.39 is 18.1 Å². The summed E-state index contributed by atoms with van der Waals surface area (Å²) in [6, 6.07) is 6.85. The largest absolute Gasteiger partial charge is 0.394 e. The number of aliphatic hydroxyl groups excluding tert-OH is 1. The molecule has 0 saturated heterocycles. The summed E-state index contributed by atoms with van der Waals surface area (Å²) in [6.45, 7) is 1.43. The molecule has 1 unspecified atom stereocenters. The van der Waals surface area contributed by atoms with E-state index >= 15 is 0 Å². The van der Waals surface area contributed by atoms with E-state index in [1.54, 1.807) is 31.2 Å². The number of hydrogen-bond acceptors (Lipinski definition) is 2. The Balaban J connectivity index is 2.60. The van der Waals surface area contributed by atoms with Crippen LogP contribution in [-0.2, 0) is 0 Å². The normalized spacial score (nSPS) is 15.1. The van der Waals surface area contributed by atoms with Gasteiger partial charge in [-0.2, -0.15) is 13.2 Å². The molecule has 0 spiro atoms. The highest BCUT2D eigenvalue weighted by Crippen LogP contribution is 2.27. The van der Waals surface area contributed by atoms with Gasteiger partial charge >= 0.3 is 6.18 Å². The van der Waals surface area contributed by atoms with E-state index in [2.05, 4.69) is 5.32 Å². The minimum Gasteiger partial charge on any atom is -0.394 e. The second-order valence-corrected chi connectivity index (χ2v) is 5.26. The van der Waals surface area contributed by atoms with Gasteiger partial charge in [0.25, 0.3) is 0 Å². The monoisotopic (exact) mass is 295 g/mol. The third-order valence-corrected chi connectivity index (χ3v) is 3.04. The van der Waals surface area contributed by atoms with Crippen LogP contribution in [0, 0.1) is 0 Å². The molecule has 0 bridgehead atoms. The number of halogens is 4. The van der Waals surface area contributed by atoms with Gasteiger partial charge in [-0.3, -0.25) is 0 Å². The summed E-state index contributed by atoms with van der Waals surface area (Å²) in [5, 5.41) is 12.9. The number of benzene rings is 1. The zero-order chi connectivity index (χ0) is 14.5. The van der Waals surface area contributed by atoms with E-state index in [-0.39, 0.29) is 19.4 Å². The molecule has 0 amide bonds. The maximum Gasteiger partial charge on any atom is 0.389 e. The highest BCUT2D eigenvalue weighted by Gasteiger charge is 2.29. The van der Waals surface area contributed by atoms with E-state index in [9.17, 15) is 18.3 Å². The smallest absolute Gasteiger partial charge is 0.389 e. The van der Waals surface area contributed by atoms with Crippen molar-refractivity contribution in [1.29, 1.82) is 0 Å². The van der Waals surface area contributed by atoms with E-state index in [0.717, 1.165) is 0 Å². The molecule has 108 valence electrons. The molecule has 0 aliphatic carbocycles. The van der Waals surface area contributed by atoms with Crippen LogP contribution in [0.5, 0.6) is 0 Å². The molecule has 2 nitrogen and oxygen atoms in total. The SMILES string of the molecule is CC(CO)(CCCC(F)(F)F)Nc1cccc(Cl)c1. The maximum absolute atomic E-state index is 12.1. The van der Waals surface area contributed by atoms with Gasteiger partial charge in [-0.15, -0.1) is 0 Å². The number of rotatable bonds is 6. The van der Waals surface area contributed by atoms with Crippen LogP contribution in [0.4, 0.5) is 18.9 Å². The molecule has 0 aliphatic rings. The number of nitrogens with one attached hydrogen (secondary N) is 1. The lowest BCUT2D eigenvalue weighted by atomic mass is 9.95. The van der Waals surface area contributed by atoms with Gasteiger partial charge in [-0.25, -0.2) is 0 Å². The van der Waals surface area contributed by atoms with Crippen molar-refractivity contribution in [2.24, 2.45) is 0 Å². The van der Waals surface area contributed by atoms with Crippen molar-refractivity contribution >= 4 is 17.3 Å². The highest BCUT2D eigenvalue weighted by molar-refractivity contribution is 6.30. The molecular formula is C13H17ClF3NO. The van der Waals surface area contributed by atoms with Crippen LogP contribution in [0.2, 0.25) is 5.02 Å². The van der Waals surface area contributed by atoms with Crippen molar-refractivity contribution in [3.63, 3.8) is 0 Å². The lowest BCUT2D eigenvalue weighted by molar-refractivity contribution is -0.136. The Morgan fingerprint density at radius 1 is 1.26 bits per heavy atom. The first-order valence-electron chi connectivity index (χ1n) is 5.95. The molecule has 0 heterocycles. The predicted octanol–water partition coefficient (Wildman–Crippen LogP) is 4.24. The molecule has 2 N–H and O–H groups in total. The topological polar surface area (TPSA) is 32.3 Å². The van der Waals surface area contributed by atoms with Crippen molar-refractivity contribution in [3.05, 3.63) is 29.3 Å². The average Bonchev–Trinajstić information content (AvgIpc) is 2.27. The first-order valence-corrected chi connectivity index (χ1v) is 6.33. The maximum atomic E-state index is 12.1. The molecule has 6 heteroatoms. The summed E-state index contributed by atoms with van der Waals surface area (Å²) < 4.78 is 36.3. The van der Waals surface area contributed by atoms with Gasteiger partial charge in [0, 0.05) is 17.1 Å². The summed E-state index contributed by atoms with van der Waals surface area (Å²) in [5.74, 6) is 0. The van der Waals surface area contributed by atoms with E-state index in [4.69, 9.17) is 11.6 Å². The molecule has 0 aliphatic heterocycles. The van der Waals surface area contributed by atoms with Gasteiger partial charge in [-0.1, -0.05) is 17.7 Å². The molecule has 1 aromatic rings.